The van der Waals surface area contributed by atoms with Gasteiger partial charge in [0.15, 0.2) is 9.84 Å². The van der Waals surface area contributed by atoms with Crippen LogP contribution >= 0.6 is 0 Å². The van der Waals surface area contributed by atoms with Crippen LogP contribution in [0.25, 0.3) is 17.3 Å². The van der Waals surface area contributed by atoms with E-state index in [9.17, 15) is 13.2 Å². The Morgan fingerprint density at radius 1 is 0.927 bits per heavy atom. The van der Waals surface area contributed by atoms with Crippen LogP contribution in [0.15, 0.2) is 59.6 Å². The third-order valence-corrected chi connectivity index (χ3v) is 8.66. The van der Waals surface area contributed by atoms with Gasteiger partial charge in [-0.1, -0.05) is 12.1 Å². The predicted molar refractivity (Wildman–Crippen MR) is 157 cm³/mol. The monoisotopic (exact) mass is 574 g/mol. The van der Waals surface area contributed by atoms with E-state index in [1.54, 1.807) is 18.2 Å². The van der Waals surface area contributed by atoms with E-state index in [-0.39, 0.29) is 10.8 Å². The normalized spacial score (nSPS) is 17.7. The fourth-order valence-corrected chi connectivity index (χ4v) is 6.26. The number of sulfone groups is 1. The number of fused-ring (bicyclic) bond motifs is 1. The van der Waals surface area contributed by atoms with Crippen molar-refractivity contribution in [2.75, 3.05) is 69.1 Å². The first-order chi connectivity index (χ1) is 19.8. The summed E-state index contributed by atoms with van der Waals surface area (Å²) in [6.07, 6.45) is 4.47. The second-order valence-corrected chi connectivity index (χ2v) is 12.3. The molecule has 0 bridgehead atoms. The predicted octanol–water partition coefficient (Wildman–Crippen LogP) is 3.29. The Labute approximate surface area is 239 Å². The van der Waals surface area contributed by atoms with Gasteiger partial charge in [0, 0.05) is 62.1 Å². The SMILES string of the molecule is CS(=O)(=O)c1cc(-c2cc3c(c(Nc4ccc(N5CCOCC5)cc4)n2)C(=O)[N]C=C3)ccc1CN1CCOCC1. The summed E-state index contributed by atoms with van der Waals surface area (Å²) in [5.74, 6) is -0.0142. The van der Waals surface area contributed by atoms with Gasteiger partial charge in [-0.15, -0.1) is 0 Å². The number of hydrogen-bond acceptors (Lipinski definition) is 9. The quantitative estimate of drug-likeness (QED) is 0.454. The number of hydrogen-bond donors (Lipinski definition) is 1. The Morgan fingerprint density at radius 2 is 1.63 bits per heavy atom. The van der Waals surface area contributed by atoms with Crippen molar-refractivity contribution in [1.82, 2.24) is 15.2 Å². The molecule has 3 aromatic rings. The minimum absolute atomic E-state index is 0.274. The zero-order valence-electron chi connectivity index (χ0n) is 22.9. The van der Waals surface area contributed by atoms with E-state index in [2.05, 4.69) is 20.4 Å². The molecule has 1 aromatic heterocycles. The molecule has 6 rings (SSSR count). The fraction of sp³-hybridized carbons (Fsp3) is 0.333. The van der Waals surface area contributed by atoms with Gasteiger partial charge >= 0.3 is 0 Å². The summed E-state index contributed by atoms with van der Waals surface area (Å²) in [6.45, 7) is 6.39. The van der Waals surface area contributed by atoms with Crippen LogP contribution in [0.3, 0.4) is 0 Å². The highest BCUT2D eigenvalue weighted by Crippen LogP contribution is 2.33. The molecule has 0 aliphatic carbocycles. The first kappa shape index (κ1) is 27.4. The molecule has 3 aliphatic rings. The van der Waals surface area contributed by atoms with Crippen LogP contribution in [0.5, 0.6) is 0 Å². The van der Waals surface area contributed by atoms with Gasteiger partial charge in [-0.25, -0.2) is 18.7 Å². The summed E-state index contributed by atoms with van der Waals surface area (Å²) >= 11 is 0. The molecule has 0 unspecified atom stereocenters. The number of morpholine rings is 2. The second kappa shape index (κ2) is 11.6. The summed E-state index contributed by atoms with van der Waals surface area (Å²) in [5.41, 5.74) is 4.85. The highest BCUT2D eigenvalue weighted by molar-refractivity contribution is 7.90. The van der Waals surface area contributed by atoms with Gasteiger partial charge in [-0.05, 0) is 53.6 Å². The largest absolute Gasteiger partial charge is 0.379 e. The van der Waals surface area contributed by atoms with Gasteiger partial charge in [-0.3, -0.25) is 9.69 Å². The molecule has 3 aliphatic heterocycles. The number of nitrogens with one attached hydrogen (secondary N) is 1. The lowest BCUT2D eigenvalue weighted by molar-refractivity contribution is 0.0338. The van der Waals surface area contributed by atoms with Crippen molar-refractivity contribution >= 4 is 39.0 Å². The zero-order chi connectivity index (χ0) is 28.4. The van der Waals surface area contributed by atoms with E-state index in [0.717, 1.165) is 43.1 Å². The highest BCUT2D eigenvalue weighted by atomic mass is 32.2. The summed E-state index contributed by atoms with van der Waals surface area (Å²) in [7, 11) is -3.51. The molecule has 0 atom stereocenters. The van der Waals surface area contributed by atoms with E-state index < -0.39 is 9.84 Å². The fourth-order valence-electron chi connectivity index (χ4n) is 5.31. The number of carbonyl (C=O) groups excluding carboxylic acids is 1. The molecule has 213 valence electrons. The summed E-state index contributed by atoms with van der Waals surface area (Å²) in [6, 6.07) is 15.2. The topological polar surface area (TPSA) is 115 Å². The standard InChI is InChI=1S/C30H32N5O5S/c1-41(37,38)27-19-21(2-3-23(27)20-34-10-14-39-15-11-34)26-18-22-8-9-31-30(36)28(22)29(33-26)32-24-4-6-25(7-5-24)35-12-16-40-17-13-35/h2-9,18-19H,10-17,20H2,1H3,(H,32,33). The third-order valence-electron chi connectivity index (χ3n) is 7.48. The highest BCUT2D eigenvalue weighted by Gasteiger charge is 2.24. The molecule has 0 saturated carbocycles. The molecular formula is C30H32N5O5S. The maximum atomic E-state index is 12.8. The van der Waals surface area contributed by atoms with Crippen LogP contribution < -0.4 is 15.5 Å². The van der Waals surface area contributed by atoms with Crippen LogP contribution in [0.4, 0.5) is 17.2 Å². The van der Waals surface area contributed by atoms with Gasteiger partial charge in [0.25, 0.3) is 5.91 Å². The Bertz CT molecular complexity index is 1580. The first-order valence-electron chi connectivity index (χ1n) is 13.7. The average Bonchev–Trinajstić information content (AvgIpc) is 2.98. The Morgan fingerprint density at radius 3 is 2.34 bits per heavy atom. The molecule has 1 radical (unpaired) electrons. The minimum Gasteiger partial charge on any atom is -0.379 e. The van der Waals surface area contributed by atoms with Gasteiger partial charge in [0.1, 0.15) is 5.82 Å². The molecule has 2 fully saturated rings. The zero-order valence-corrected chi connectivity index (χ0v) is 23.7. The molecule has 2 aromatic carbocycles. The number of anilines is 3. The Kier molecular flexibility index (Phi) is 7.76. The molecule has 10 nitrogen and oxygen atoms in total. The lowest BCUT2D eigenvalue weighted by Gasteiger charge is -2.29. The van der Waals surface area contributed by atoms with Crippen LogP contribution in [-0.4, -0.2) is 83.1 Å². The molecule has 1 amide bonds. The van der Waals surface area contributed by atoms with Crippen LogP contribution in [0, 0.1) is 0 Å². The summed E-state index contributed by atoms with van der Waals surface area (Å²) < 4.78 is 36.6. The van der Waals surface area contributed by atoms with Crippen molar-refractivity contribution < 1.29 is 22.7 Å². The lowest BCUT2D eigenvalue weighted by atomic mass is 10.0. The number of amides is 1. The van der Waals surface area contributed by atoms with Crippen molar-refractivity contribution in [2.24, 2.45) is 0 Å². The van der Waals surface area contributed by atoms with Gasteiger partial charge < -0.3 is 19.7 Å². The number of benzene rings is 2. The molecule has 11 heteroatoms. The third kappa shape index (κ3) is 6.13. The molecular weight excluding hydrogens is 542 g/mol. The van der Waals surface area contributed by atoms with Gasteiger partial charge in [0.2, 0.25) is 0 Å². The average molecular weight is 575 g/mol. The van der Waals surface area contributed by atoms with Crippen LogP contribution in [0.2, 0.25) is 0 Å². The lowest BCUT2D eigenvalue weighted by Crippen LogP contribution is -2.36. The second-order valence-electron chi connectivity index (χ2n) is 10.3. The number of carbonyl (C=O) groups is 1. The van der Waals surface area contributed by atoms with Crippen molar-refractivity contribution in [2.45, 2.75) is 11.4 Å². The number of nitrogens with zero attached hydrogens (tertiary/aromatic N) is 4. The number of pyridine rings is 1. The van der Waals surface area contributed by atoms with Crippen molar-refractivity contribution in [1.29, 1.82) is 0 Å². The van der Waals surface area contributed by atoms with Crippen molar-refractivity contribution in [3.05, 3.63) is 71.4 Å². The molecule has 41 heavy (non-hydrogen) atoms. The minimum atomic E-state index is -3.51. The van der Waals surface area contributed by atoms with E-state index in [1.165, 1.54) is 12.5 Å². The Hall–Kier alpha value is -3.77. The van der Waals surface area contributed by atoms with Gasteiger partial charge in [0.05, 0.1) is 42.6 Å². The van der Waals surface area contributed by atoms with Crippen LogP contribution in [-0.2, 0) is 25.9 Å². The molecule has 0 spiro atoms. The summed E-state index contributed by atoms with van der Waals surface area (Å²) in [5, 5.41) is 7.26. The van der Waals surface area contributed by atoms with Gasteiger partial charge in [-0.2, -0.15) is 0 Å². The molecule has 2 saturated heterocycles. The summed E-state index contributed by atoms with van der Waals surface area (Å²) in [4.78, 5) is 22.4. The number of ether oxygens (including phenoxy) is 2. The van der Waals surface area contributed by atoms with E-state index in [1.807, 2.05) is 36.4 Å². The maximum Gasteiger partial charge on any atom is 0.281 e. The van der Waals surface area contributed by atoms with E-state index >= 15 is 0 Å². The number of aromatic nitrogens is 1. The van der Waals surface area contributed by atoms with E-state index in [4.69, 9.17) is 14.5 Å². The van der Waals surface area contributed by atoms with E-state index in [0.29, 0.717) is 61.2 Å². The molecule has 1 N–H and O–H groups in total. The Balaban J connectivity index is 1.34. The first-order valence-corrected chi connectivity index (χ1v) is 15.5. The maximum absolute atomic E-state index is 12.8. The van der Waals surface area contributed by atoms with Crippen LogP contribution in [0.1, 0.15) is 21.5 Å². The number of rotatable bonds is 7. The molecule has 4 heterocycles. The van der Waals surface area contributed by atoms with Crippen molar-refractivity contribution in [3.63, 3.8) is 0 Å². The van der Waals surface area contributed by atoms with Crippen molar-refractivity contribution in [3.8, 4) is 11.3 Å². The smallest absolute Gasteiger partial charge is 0.281 e.